The number of aliphatic carboxylic acids is 1. The molecule has 0 saturated heterocycles. The van der Waals surface area contributed by atoms with E-state index in [4.69, 9.17) is 14.6 Å². The molecule has 7 heteroatoms. The Morgan fingerprint density at radius 2 is 1.95 bits per heavy atom. The number of hydrogen-bond donors (Lipinski definition) is 2. The Morgan fingerprint density at radius 3 is 2.53 bits per heavy atom. The van der Waals surface area contributed by atoms with Crippen LogP contribution in [0, 0.1) is 0 Å². The molecular formula is C12H14N2O5. The van der Waals surface area contributed by atoms with Gasteiger partial charge in [0.15, 0.2) is 11.5 Å². The number of aromatic nitrogens is 2. The predicted octanol–water partition coefficient (Wildman–Crippen LogP) is 0.822. The van der Waals surface area contributed by atoms with Crippen LogP contribution in [0.3, 0.4) is 0 Å². The van der Waals surface area contributed by atoms with E-state index in [-0.39, 0.29) is 18.7 Å². The Hall–Kier alpha value is -2.44. The average Bonchev–Trinajstić information content (AvgIpc) is 2.69. The number of imidazole rings is 1. The standard InChI is InChI=1S/C12H14N2O5/c1-18-9-5-7-8(6-10(9)19-2)14(12(17)13-7)4-3-11(15)16/h5-6H,3-4H2,1-2H3,(H,13,17)(H,15,16). The molecule has 0 aliphatic heterocycles. The highest BCUT2D eigenvalue weighted by Gasteiger charge is 2.13. The van der Waals surface area contributed by atoms with Gasteiger partial charge in [0.1, 0.15) is 0 Å². The van der Waals surface area contributed by atoms with Crippen LogP contribution < -0.4 is 15.2 Å². The molecule has 0 saturated carbocycles. The highest BCUT2D eigenvalue weighted by molar-refractivity contribution is 5.80. The summed E-state index contributed by atoms with van der Waals surface area (Å²) in [7, 11) is 3.00. The van der Waals surface area contributed by atoms with Crippen molar-refractivity contribution >= 4 is 17.0 Å². The molecule has 0 aliphatic rings. The number of benzene rings is 1. The van der Waals surface area contributed by atoms with Gasteiger partial charge in [-0.05, 0) is 0 Å². The fourth-order valence-electron chi connectivity index (χ4n) is 1.91. The molecule has 2 N–H and O–H groups in total. The lowest BCUT2D eigenvalue weighted by atomic mass is 10.2. The van der Waals surface area contributed by atoms with E-state index in [0.29, 0.717) is 22.5 Å². The number of H-pyrrole nitrogens is 1. The molecule has 7 nitrogen and oxygen atoms in total. The van der Waals surface area contributed by atoms with E-state index in [1.54, 1.807) is 12.1 Å². The number of rotatable bonds is 5. The van der Waals surface area contributed by atoms with Crippen molar-refractivity contribution in [1.82, 2.24) is 9.55 Å². The summed E-state index contributed by atoms with van der Waals surface area (Å²) in [6.07, 6.45) is -0.124. The Labute approximate surface area is 108 Å². The van der Waals surface area contributed by atoms with Gasteiger partial charge in [-0.1, -0.05) is 0 Å². The lowest BCUT2D eigenvalue weighted by molar-refractivity contribution is -0.137. The largest absolute Gasteiger partial charge is 0.493 e. The lowest BCUT2D eigenvalue weighted by Crippen LogP contribution is -2.18. The third kappa shape index (κ3) is 2.40. The van der Waals surface area contributed by atoms with Gasteiger partial charge in [0.2, 0.25) is 0 Å². The molecule has 102 valence electrons. The number of carboxylic acids is 1. The van der Waals surface area contributed by atoms with Gasteiger partial charge in [-0.2, -0.15) is 0 Å². The first kappa shape index (κ1) is 13.0. The molecule has 1 aromatic heterocycles. The number of fused-ring (bicyclic) bond motifs is 1. The second-order valence-electron chi connectivity index (χ2n) is 3.95. The fourth-order valence-corrected chi connectivity index (χ4v) is 1.91. The van der Waals surface area contributed by atoms with Gasteiger partial charge in [0, 0.05) is 18.7 Å². The molecule has 0 amide bonds. The predicted molar refractivity (Wildman–Crippen MR) is 67.9 cm³/mol. The number of carbonyl (C=O) groups is 1. The second kappa shape index (κ2) is 5.05. The maximum absolute atomic E-state index is 11.8. The van der Waals surface area contributed by atoms with Crippen molar-refractivity contribution in [1.29, 1.82) is 0 Å². The summed E-state index contributed by atoms with van der Waals surface area (Å²) >= 11 is 0. The number of carboxylic acid groups (broad SMARTS) is 1. The third-order valence-corrected chi connectivity index (χ3v) is 2.83. The maximum Gasteiger partial charge on any atom is 0.326 e. The maximum atomic E-state index is 11.8. The highest BCUT2D eigenvalue weighted by Crippen LogP contribution is 2.30. The van der Waals surface area contributed by atoms with Crippen molar-refractivity contribution in [2.24, 2.45) is 0 Å². The smallest absolute Gasteiger partial charge is 0.326 e. The summed E-state index contributed by atoms with van der Waals surface area (Å²) in [6, 6.07) is 3.29. The van der Waals surface area contributed by atoms with Crippen molar-refractivity contribution < 1.29 is 19.4 Å². The quantitative estimate of drug-likeness (QED) is 0.835. The summed E-state index contributed by atoms with van der Waals surface area (Å²) in [5, 5.41) is 8.69. The summed E-state index contributed by atoms with van der Waals surface area (Å²) < 4.78 is 11.7. The SMILES string of the molecule is COc1cc2[nH]c(=O)n(CCC(=O)O)c2cc1OC. The van der Waals surface area contributed by atoms with Gasteiger partial charge in [-0.15, -0.1) is 0 Å². The molecule has 0 unspecified atom stereocenters. The zero-order valence-electron chi connectivity index (χ0n) is 10.6. The van der Waals surface area contributed by atoms with Gasteiger partial charge in [-0.3, -0.25) is 9.36 Å². The zero-order chi connectivity index (χ0) is 14.0. The first-order valence-electron chi connectivity index (χ1n) is 5.63. The molecule has 0 radical (unpaired) electrons. The van der Waals surface area contributed by atoms with E-state index in [9.17, 15) is 9.59 Å². The van der Waals surface area contributed by atoms with Crippen LogP contribution in [0.4, 0.5) is 0 Å². The summed E-state index contributed by atoms with van der Waals surface area (Å²) in [5.74, 6) is 0.0291. The third-order valence-electron chi connectivity index (χ3n) is 2.83. The van der Waals surface area contributed by atoms with Crippen molar-refractivity contribution in [3.63, 3.8) is 0 Å². The minimum absolute atomic E-state index is 0.101. The molecule has 0 fully saturated rings. The molecule has 2 aromatic rings. The monoisotopic (exact) mass is 266 g/mol. The topological polar surface area (TPSA) is 93.6 Å². The van der Waals surface area contributed by atoms with E-state index in [1.165, 1.54) is 18.8 Å². The van der Waals surface area contributed by atoms with Crippen molar-refractivity contribution in [3.8, 4) is 11.5 Å². The molecule has 19 heavy (non-hydrogen) atoms. The molecule has 0 atom stereocenters. The first-order valence-corrected chi connectivity index (χ1v) is 5.63. The van der Waals surface area contributed by atoms with Crippen LogP contribution >= 0.6 is 0 Å². The minimum atomic E-state index is -0.957. The van der Waals surface area contributed by atoms with E-state index < -0.39 is 5.97 Å². The van der Waals surface area contributed by atoms with Crippen molar-refractivity contribution in [2.45, 2.75) is 13.0 Å². The Kier molecular flexibility index (Phi) is 3.46. The van der Waals surface area contributed by atoms with E-state index in [0.717, 1.165) is 0 Å². The van der Waals surface area contributed by atoms with Crippen LogP contribution in [-0.4, -0.2) is 34.8 Å². The number of nitrogens with zero attached hydrogens (tertiary/aromatic N) is 1. The minimum Gasteiger partial charge on any atom is -0.493 e. The second-order valence-corrected chi connectivity index (χ2v) is 3.95. The number of aryl methyl sites for hydroxylation is 1. The van der Waals surface area contributed by atoms with Crippen LogP contribution in [0.1, 0.15) is 6.42 Å². The lowest BCUT2D eigenvalue weighted by Gasteiger charge is -2.08. The highest BCUT2D eigenvalue weighted by atomic mass is 16.5. The van der Waals surface area contributed by atoms with Gasteiger partial charge >= 0.3 is 11.7 Å². The molecule has 1 heterocycles. The fraction of sp³-hybridized carbons (Fsp3) is 0.333. The van der Waals surface area contributed by atoms with Crippen LogP contribution in [0.25, 0.3) is 11.0 Å². The van der Waals surface area contributed by atoms with Crippen LogP contribution in [0.2, 0.25) is 0 Å². The molecule has 0 aliphatic carbocycles. The molecule has 2 rings (SSSR count). The number of nitrogens with one attached hydrogen (secondary N) is 1. The number of aromatic amines is 1. The number of ether oxygens (including phenoxy) is 2. The normalized spacial score (nSPS) is 10.6. The van der Waals surface area contributed by atoms with Gasteiger partial charge in [0.25, 0.3) is 0 Å². The van der Waals surface area contributed by atoms with Gasteiger partial charge in [-0.25, -0.2) is 4.79 Å². The van der Waals surface area contributed by atoms with E-state index in [2.05, 4.69) is 4.98 Å². The Bertz CT molecular complexity index is 671. The van der Waals surface area contributed by atoms with Crippen molar-refractivity contribution in [2.75, 3.05) is 14.2 Å². The summed E-state index contributed by atoms with van der Waals surface area (Å²) in [6.45, 7) is 0.101. The molecule has 0 spiro atoms. The number of hydrogen-bond acceptors (Lipinski definition) is 4. The molecular weight excluding hydrogens is 252 g/mol. The van der Waals surface area contributed by atoms with Crippen LogP contribution in [-0.2, 0) is 11.3 Å². The van der Waals surface area contributed by atoms with E-state index >= 15 is 0 Å². The first-order chi connectivity index (χ1) is 9.06. The van der Waals surface area contributed by atoms with Crippen molar-refractivity contribution in [3.05, 3.63) is 22.6 Å². The zero-order valence-corrected chi connectivity index (χ0v) is 10.6. The van der Waals surface area contributed by atoms with E-state index in [1.807, 2.05) is 0 Å². The molecule has 1 aromatic carbocycles. The van der Waals surface area contributed by atoms with Gasteiger partial charge in [0.05, 0.1) is 31.7 Å². The average molecular weight is 266 g/mol. The van der Waals surface area contributed by atoms with Crippen LogP contribution in [0.5, 0.6) is 11.5 Å². The molecule has 0 bridgehead atoms. The van der Waals surface area contributed by atoms with Crippen LogP contribution in [0.15, 0.2) is 16.9 Å². The summed E-state index contributed by atoms with van der Waals surface area (Å²) in [4.78, 5) is 25.0. The Balaban J connectivity index is 2.55. The Morgan fingerprint density at radius 1 is 1.32 bits per heavy atom. The number of methoxy groups -OCH3 is 2. The summed E-state index contributed by atoms with van der Waals surface area (Å²) in [5.41, 5.74) is 0.809. The van der Waals surface area contributed by atoms with Gasteiger partial charge < -0.3 is 19.6 Å².